The number of fused-ring (bicyclic) bond motifs is 3. The van der Waals surface area contributed by atoms with E-state index in [1.165, 1.54) is 11.3 Å². The molecule has 1 amide bonds. The molecule has 1 aliphatic carbocycles. The summed E-state index contributed by atoms with van der Waals surface area (Å²) < 4.78 is 5.46. The van der Waals surface area contributed by atoms with E-state index in [4.69, 9.17) is 9.84 Å². The quantitative estimate of drug-likeness (QED) is 0.381. The molecule has 7 nitrogen and oxygen atoms in total. The summed E-state index contributed by atoms with van der Waals surface area (Å²) in [4.78, 5) is 23.6. The number of aliphatic hydroxyl groups excluding tert-OH is 2. The number of carboxylic acids is 1. The molecule has 0 saturated carbocycles. The van der Waals surface area contributed by atoms with Gasteiger partial charge >= 0.3 is 12.1 Å². The van der Waals surface area contributed by atoms with Gasteiger partial charge in [-0.15, -0.1) is 11.3 Å². The molecule has 1 aromatic heterocycles. The first kappa shape index (κ1) is 23.0. The van der Waals surface area contributed by atoms with Crippen LogP contribution < -0.4 is 5.32 Å². The monoisotopic (exact) mass is 467 g/mol. The first-order valence-corrected chi connectivity index (χ1v) is 11.6. The van der Waals surface area contributed by atoms with Gasteiger partial charge in [-0.25, -0.2) is 4.79 Å². The molecular formula is C25H25NO6S. The maximum Gasteiger partial charge on any atom is 0.407 e. The number of thiophene rings is 1. The smallest absolute Gasteiger partial charge is 0.407 e. The molecule has 4 N–H and O–H groups in total. The minimum Gasteiger partial charge on any atom is -0.481 e. The minimum atomic E-state index is -1.16. The maximum absolute atomic E-state index is 12.2. The molecule has 172 valence electrons. The number of amides is 1. The van der Waals surface area contributed by atoms with Crippen molar-refractivity contribution in [2.45, 2.75) is 31.0 Å². The summed E-state index contributed by atoms with van der Waals surface area (Å²) in [6.07, 6.45) is -2.86. The Morgan fingerprint density at radius 1 is 1.03 bits per heavy atom. The van der Waals surface area contributed by atoms with Gasteiger partial charge in [0, 0.05) is 17.3 Å². The number of ether oxygens (including phenoxy) is 1. The van der Waals surface area contributed by atoms with E-state index in [1.807, 2.05) is 36.4 Å². The first-order valence-electron chi connectivity index (χ1n) is 10.7. The second-order valence-electron chi connectivity index (χ2n) is 7.97. The van der Waals surface area contributed by atoms with E-state index in [2.05, 4.69) is 17.4 Å². The lowest BCUT2D eigenvalue weighted by Crippen LogP contribution is -2.30. The zero-order chi connectivity index (χ0) is 23.4. The van der Waals surface area contributed by atoms with Crippen molar-refractivity contribution in [3.05, 3.63) is 81.5 Å². The molecular weight excluding hydrogens is 442 g/mol. The molecule has 1 aliphatic rings. The van der Waals surface area contributed by atoms with Crippen molar-refractivity contribution < 1.29 is 29.6 Å². The molecule has 0 aliphatic heterocycles. The van der Waals surface area contributed by atoms with Gasteiger partial charge < -0.3 is 25.4 Å². The van der Waals surface area contributed by atoms with Crippen LogP contribution in [0.4, 0.5) is 4.79 Å². The number of alkyl carbamates (subject to hydrolysis) is 1. The van der Waals surface area contributed by atoms with Crippen LogP contribution in [0.15, 0.2) is 60.0 Å². The topological polar surface area (TPSA) is 116 Å². The molecule has 2 unspecified atom stereocenters. The average Bonchev–Trinajstić information content (AvgIpc) is 3.39. The highest BCUT2D eigenvalue weighted by atomic mass is 32.1. The van der Waals surface area contributed by atoms with Gasteiger partial charge in [0.1, 0.15) is 12.7 Å². The highest BCUT2D eigenvalue weighted by Gasteiger charge is 2.29. The number of aliphatic carboxylic acids is 1. The molecule has 0 bridgehead atoms. The lowest BCUT2D eigenvalue weighted by molar-refractivity contribution is -0.136. The van der Waals surface area contributed by atoms with Crippen LogP contribution >= 0.6 is 11.3 Å². The SMILES string of the molecule is O=C(O)Cc1cc(C(O)C(O)CCNC(=O)OCC2c3ccccc3-c3ccccc32)cs1. The van der Waals surface area contributed by atoms with Gasteiger partial charge in [0.15, 0.2) is 0 Å². The fraction of sp³-hybridized carbons (Fsp3) is 0.280. The fourth-order valence-electron chi connectivity index (χ4n) is 4.15. The zero-order valence-electron chi connectivity index (χ0n) is 17.8. The molecule has 33 heavy (non-hydrogen) atoms. The number of aliphatic hydroxyl groups is 2. The van der Waals surface area contributed by atoms with E-state index in [-0.39, 0.29) is 31.9 Å². The summed E-state index contributed by atoms with van der Waals surface area (Å²) in [5.74, 6) is -0.986. The standard InChI is InChI=1S/C25H25NO6S/c27-22(24(30)15-11-16(33-14-15)12-23(28)29)9-10-26-25(31)32-13-21-19-7-3-1-5-17(19)18-6-2-4-8-20(18)21/h1-8,11,14,21-22,24,27,30H,9-10,12-13H2,(H,26,31)(H,28,29). The van der Waals surface area contributed by atoms with E-state index in [1.54, 1.807) is 11.4 Å². The van der Waals surface area contributed by atoms with Gasteiger partial charge in [0.25, 0.3) is 0 Å². The van der Waals surface area contributed by atoms with Crippen LogP contribution in [0.2, 0.25) is 0 Å². The van der Waals surface area contributed by atoms with E-state index >= 15 is 0 Å². The van der Waals surface area contributed by atoms with Crippen molar-refractivity contribution in [1.29, 1.82) is 0 Å². The molecule has 2 atom stereocenters. The van der Waals surface area contributed by atoms with Gasteiger partial charge in [0.2, 0.25) is 0 Å². The number of carboxylic acid groups (broad SMARTS) is 1. The second kappa shape index (κ2) is 10.2. The van der Waals surface area contributed by atoms with Crippen LogP contribution in [0.3, 0.4) is 0 Å². The maximum atomic E-state index is 12.2. The summed E-state index contributed by atoms with van der Waals surface area (Å²) in [5.41, 5.74) is 5.02. The van der Waals surface area contributed by atoms with Crippen LogP contribution in [0.5, 0.6) is 0 Å². The molecule has 4 rings (SSSR count). The third-order valence-electron chi connectivity index (χ3n) is 5.76. The number of hydrogen-bond donors (Lipinski definition) is 4. The number of hydrogen-bond acceptors (Lipinski definition) is 6. The molecule has 2 aromatic carbocycles. The summed E-state index contributed by atoms with van der Waals surface area (Å²) in [5, 5.41) is 33.6. The third kappa shape index (κ3) is 5.24. The third-order valence-corrected chi connectivity index (χ3v) is 6.71. The van der Waals surface area contributed by atoms with Crippen LogP contribution in [-0.2, 0) is 16.0 Å². The lowest BCUT2D eigenvalue weighted by atomic mass is 9.98. The molecule has 8 heteroatoms. The predicted molar refractivity (Wildman–Crippen MR) is 124 cm³/mol. The Hall–Kier alpha value is -3.20. The predicted octanol–water partition coefficient (Wildman–Crippen LogP) is 3.70. The van der Waals surface area contributed by atoms with Gasteiger partial charge in [-0.05, 0) is 45.7 Å². The highest BCUT2D eigenvalue weighted by Crippen LogP contribution is 2.44. The number of nitrogens with one attached hydrogen (secondary N) is 1. The van der Waals surface area contributed by atoms with Crippen molar-refractivity contribution in [2.75, 3.05) is 13.2 Å². The summed E-state index contributed by atoms with van der Waals surface area (Å²) in [6, 6.07) is 17.7. The minimum absolute atomic E-state index is 0.0332. The van der Waals surface area contributed by atoms with E-state index < -0.39 is 24.3 Å². The molecule has 0 radical (unpaired) electrons. The largest absolute Gasteiger partial charge is 0.481 e. The summed E-state index contributed by atoms with van der Waals surface area (Å²) >= 11 is 1.22. The first-order chi connectivity index (χ1) is 15.9. The highest BCUT2D eigenvalue weighted by molar-refractivity contribution is 7.10. The van der Waals surface area contributed by atoms with Gasteiger partial charge in [-0.2, -0.15) is 0 Å². The van der Waals surface area contributed by atoms with Crippen LogP contribution in [0, 0.1) is 0 Å². The molecule has 0 fully saturated rings. The average molecular weight is 468 g/mol. The van der Waals surface area contributed by atoms with Crippen LogP contribution in [0.1, 0.15) is 40.0 Å². The lowest BCUT2D eigenvalue weighted by Gasteiger charge is -2.18. The van der Waals surface area contributed by atoms with Gasteiger partial charge in [0.05, 0.1) is 12.5 Å². The summed E-state index contributed by atoms with van der Waals surface area (Å²) in [7, 11) is 0. The normalized spacial score (nSPS) is 14.2. The van der Waals surface area contributed by atoms with Crippen molar-refractivity contribution in [2.24, 2.45) is 0 Å². The molecule has 3 aromatic rings. The number of carbonyl (C=O) groups excluding carboxylic acids is 1. The van der Waals surface area contributed by atoms with E-state index in [0.29, 0.717) is 10.4 Å². The Balaban J connectivity index is 1.26. The molecule has 1 heterocycles. The van der Waals surface area contributed by atoms with E-state index in [0.717, 1.165) is 22.3 Å². The Morgan fingerprint density at radius 3 is 2.30 bits per heavy atom. The Morgan fingerprint density at radius 2 is 1.67 bits per heavy atom. The van der Waals surface area contributed by atoms with Gasteiger partial charge in [-0.3, -0.25) is 4.79 Å². The Kier molecular flexibility index (Phi) is 7.08. The van der Waals surface area contributed by atoms with Crippen molar-refractivity contribution in [3.8, 4) is 11.1 Å². The summed E-state index contributed by atoms with van der Waals surface area (Å²) in [6.45, 7) is 0.327. The van der Waals surface area contributed by atoms with Crippen molar-refractivity contribution in [3.63, 3.8) is 0 Å². The molecule has 0 saturated heterocycles. The van der Waals surface area contributed by atoms with Crippen LogP contribution in [-0.4, -0.2) is 46.6 Å². The zero-order valence-corrected chi connectivity index (χ0v) is 18.6. The number of benzene rings is 2. The van der Waals surface area contributed by atoms with Crippen molar-refractivity contribution >= 4 is 23.4 Å². The Labute approximate surface area is 195 Å². The van der Waals surface area contributed by atoms with E-state index in [9.17, 15) is 19.8 Å². The van der Waals surface area contributed by atoms with Crippen LogP contribution in [0.25, 0.3) is 11.1 Å². The number of rotatable bonds is 9. The fourth-order valence-corrected chi connectivity index (χ4v) is 5.05. The molecule has 0 spiro atoms. The second-order valence-corrected chi connectivity index (χ2v) is 8.97. The Bertz CT molecular complexity index is 1100. The van der Waals surface area contributed by atoms with Gasteiger partial charge in [-0.1, -0.05) is 48.5 Å². The van der Waals surface area contributed by atoms with Crippen molar-refractivity contribution in [1.82, 2.24) is 5.32 Å². The number of carbonyl (C=O) groups is 2.